The van der Waals surface area contributed by atoms with E-state index in [-0.39, 0.29) is 0 Å². The molecule has 0 aromatic rings. The molecule has 1 saturated heterocycles. The van der Waals surface area contributed by atoms with Crippen molar-refractivity contribution in [2.24, 2.45) is 0 Å². The Morgan fingerprint density at radius 2 is 2.00 bits per heavy atom. The van der Waals surface area contributed by atoms with E-state index in [9.17, 15) is 0 Å². The molecular formula is C10H21NO. The number of nitrogens with zero attached hydrogens (tertiary/aromatic N) is 1. The number of hydrogen-bond acceptors (Lipinski definition) is 2. The second kappa shape index (κ2) is 5.55. The third kappa shape index (κ3) is 3.11. The topological polar surface area (TPSA) is 23.5 Å². The van der Waals surface area contributed by atoms with Crippen molar-refractivity contribution < 1.29 is 5.11 Å². The zero-order chi connectivity index (χ0) is 8.81. The van der Waals surface area contributed by atoms with Crippen LogP contribution in [0, 0.1) is 0 Å². The monoisotopic (exact) mass is 171 g/mol. The molecule has 12 heavy (non-hydrogen) atoms. The Kier molecular flexibility index (Phi) is 4.62. The minimum Gasteiger partial charge on any atom is -0.396 e. The number of aliphatic hydroxyl groups excluding tert-OH is 1. The SMILES string of the molecule is CC1CCN1CCCCCCO. The maximum absolute atomic E-state index is 8.56. The van der Waals surface area contributed by atoms with Gasteiger partial charge >= 0.3 is 0 Å². The van der Waals surface area contributed by atoms with Gasteiger partial charge in [-0.2, -0.15) is 0 Å². The molecule has 0 aliphatic carbocycles. The van der Waals surface area contributed by atoms with Crippen LogP contribution in [0.5, 0.6) is 0 Å². The molecule has 0 spiro atoms. The molecule has 1 unspecified atom stereocenters. The summed E-state index contributed by atoms with van der Waals surface area (Å²) in [6.45, 7) is 5.24. The van der Waals surface area contributed by atoms with Gasteiger partial charge in [0.2, 0.25) is 0 Å². The van der Waals surface area contributed by atoms with Gasteiger partial charge in [0.05, 0.1) is 0 Å². The first-order valence-electron chi connectivity index (χ1n) is 5.19. The highest BCUT2D eigenvalue weighted by atomic mass is 16.2. The van der Waals surface area contributed by atoms with Gasteiger partial charge in [-0.3, -0.25) is 0 Å². The fourth-order valence-electron chi connectivity index (χ4n) is 1.68. The molecule has 1 fully saturated rings. The molecule has 0 radical (unpaired) electrons. The quantitative estimate of drug-likeness (QED) is 0.614. The molecule has 0 bridgehead atoms. The van der Waals surface area contributed by atoms with E-state index in [1.807, 2.05) is 0 Å². The van der Waals surface area contributed by atoms with E-state index < -0.39 is 0 Å². The van der Waals surface area contributed by atoms with Crippen LogP contribution in [-0.4, -0.2) is 35.7 Å². The van der Waals surface area contributed by atoms with Gasteiger partial charge in [-0.25, -0.2) is 0 Å². The Morgan fingerprint density at radius 1 is 1.25 bits per heavy atom. The normalized spacial score (nSPS) is 24.0. The Hall–Kier alpha value is -0.0800. The summed E-state index contributed by atoms with van der Waals surface area (Å²) in [7, 11) is 0. The fraction of sp³-hybridized carbons (Fsp3) is 1.00. The van der Waals surface area contributed by atoms with Crippen molar-refractivity contribution in [2.75, 3.05) is 19.7 Å². The molecule has 1 aliphatic rings. The predicted molar refractivity (Wildman–Crippen MR) is 51.2 cm³/mol. The Labute approximate surface area is 75.6 Å². The van der Waals surface area contributed by atoms with Crippen molar-refractivity contribution in [3.05, 3.63) is 0 Å². The second-order valence-electron chi connectivity index (χ2n) is 3.81. The lowest BCUT2D eigenvalue weighted by molar-refractivity contribution is 0.102. The van der Waals surface area contributed by atoms with Crippen LogP contribution in [-0.2, 0) is 0 Å². The van der Waals surface area contributed by atoms with Crippen molar-refractivity contribution in [2.45, 2.75) is 45.1 Å². The first kappa shape index (κ1) is 10.0. The standard InChI is InChI=1S/C10H21NO/c1-10-6-8-11(10)7-4-2-3-5-9-12/h10,12H,2-9H2,1H3. The van der Waals surface area contributed by atoms with Gasteiger partial charge < -0.3 is 10.0 Å². The van der Waals surface area contributed by atoms with Gasteiger partial charge in [0, 0.05) is 12.6 Å². The molecule has 2 heteroatoms. The van der Waals surface area contributed by atoms with Gasteiger partial charge in [0.25, 0.3) is 0 Å². The van der Waals surface area contributed by atoms with Crippen molar-refractivity contribution in [3.63, 3.8) is 0 Å². The number of aliphatic hydroxyl groups is 1. The largest absolute Gasteiger partial charge is 0.396 e. The highest BCUT2D eigenvalue weighted by Gasteiger charge is 2.21. The average molecular weight is 171 g/mol. The first-order chi connectivity index (χ1) is 5.84. The summed E-state index contributed by atoms with van der Waals surface area (Å²) in [5, 5.41) is 8.56. The first-order valence-corrected chi connectivity index (χ1v) is 5.19. The summed E-state index contributed by atoms with van der Waals surface area (Å²) in [6.07, 6.45) is 6.15. The van der Waals surface area contributed by atoms with E-state index in [4.69, 9.17) is 5.11 Å². The summed E-state index contributed by atoms with van der Waals surface area (Å²) in [4.78, 5) is 2.54. The van der Waals surface area contributed by atoms with Gasteiger partial charge in [0.15, 0.2) is 0 Å². The van der Waals surface area contributed by atoms with Gasteiger partial charge in [-0.05, 0) is 39.3 Å². The lowest BCUT2D eigenvalue weighted by atomic mass is 10.0. The maximum atomic E-state index is 8.56. The Morgan fingerprint density at radius 3 is 2.50 bits per heavy atom. The van der Waals surface area contributed by atoms with Crippen LogP contribution in [0.3, 0.4) is 0 Å². The van der Waals surface area contributed by atoms with Crippen LogP contribution in [0.15, 0.2) is 0 Å². The van der Waals surface area contributed by atoms with Crippen LogP contribution >= 0.6 is 0 Å². The number of unbranched alkanes of at least 4 members (excludes halogenated alkanes) is 3. The molecule has 0 saturated carbocycles. The molecule has 0 amide bonds. The molecule has 1 aliphatic heterocycles. The van der Waals surface area contributed by atoms with E-state index in [1.54, 1.807) is 0 Å². The van der Waals surface area contributed by atoms with Gasteiger partial charge in [-0.15, -0.1) is 0 Å². The van der Waals surface area contributed by atoms with E-state index in [1.165, 1.54) is 38.8 Å². The zero-order valence-corrected chi connectivity index (χ0v) is 8.13. The summed E-state index contributed by atoms with van der Waals surface area (Å²) in [6, 6.07) is 0.836. The van der Waals surface area contributed by atoms with Crippen molar-refractivity contribution >= 4 is 0 Å². The van der Waals surface area contributed by atoms with E-state index >= 15 is 0 Å². The van der Waals surface area contributed by atoms with E-state index in [2.05, 4.69) is 11.8 Å². The van der Waals surface area contributed by atoms with Gasteiger partial charge in [0.1, 0.15) is 0 Å². The minimum absolute atomic E-state index is 0.361. The summed E-state index contributed by atoms with van der Waals surface area (Å²) in [5.74, 6) is 0. The Bertz CT molecular complexity index is 116. The third-order valence-corrected chi connectivity index (χ3v) is 2.81. The second-order valence-corrected chi connectivity index (χ2v) is 3.81. The number of hydrogen-bond donors (Lipinski definition) is 1. The van der Waals surface area contributed by atoms with Crippen molar-refractivity contribution in [1.82, 2.24) is 4.90 Å². The highest BCUT2D eigenvalue weighted by Crippen LogP contribution is 2.16. The highest BCUT2D eigenvalue weighted by molar-refractivity contribution is 4.77. The molecule has 1 atom stereocenters. The average Bonchev–Trinajstić information content (AvgIpc) is 2.08. The van der Waals surface area contributed by atoms with E-state index in [0.717, 1.165) is 12.5 Å². The molecule has 1 heterocycles. The molecule has 1 rings (SSSR count). The summed E-state index contributed by atoms with van der Waals surface area (Å²) < 4.78 is 0. The number of rotatable bonds is 6. The minimum atomic E-state index is 0.361. The van der Waals surface area contributed by atoms with Crippen LogP contribution in [0.1, 0.15) is 39.0 Å². The summed E-state index contributed by atoms with van der Waals surface area (Å²) >= 11 is 0. The van der Waals surface area contributed by atoms with Crippen LogP contribution in [0.4, 0.5) is 0 Å². The van der Waals surface area contributed by atoms with Gasteiger partial charge in [-0.1, -0.05) is 12.8 Å². The third-order valence-electron chi connectivity index (χ3n) is 2.81. The molecule has 2 nitrogen and oxygen atoms in total. The maximum Gasteiger partial charge on any atom is 0.0431 e. The predicted octanol–water partition coefficient (Wildman–Crippen LogP) is 1.63. The smallest absolute Gasteiger partial charge is 0.0431 e. The van der Waals surface area contributed by atoms with Crippen LogP contribution < -0.4 is 0 Å². The van der Waals surface area contributed by atoms with Crippen molar-refractivity contribution in [3.8, 4) is 0 Å². The lowest BCUT2D eigenvalue weighted by Crippen LogP contribution is -2.45. The zero-order valence-electron chi connectivity index (χ0n) is 8.13. The summed E-state index contributed by atoms with van der Waals surface area (Å²) in [5.41, 5.74) is 0. The molecular weight excluding hydrogens is 150 g/mol. The lowest BCUT2D eigenvalue weighted by Gasteiger charge is -2.38. The molecule has 1 N–H and O–H groups in total. The van der Waals surface area contributed by atoms with E-state index in [0.29, 0.717) is 6.61 Å². The molecule has 0 aromatic carbocycles. The fourth-order valence-corrected chi connectivity index (χ4v) is 1.68. The molecule has 72 valence electrons. The van der Waals surface area contributed by atoms with Crippen LogP contribution in [0.2, 0.25) is 0 Å². The van der Waals surface area contributed by atoms with Crippen molar-refractivity contribution in [1.29, 1.82) is 0 Å². The molecule has 0 aromatic heterocycles. The number of likely N-dealkylation sites (tertiary alicyclic amines) is 1. The van der Waals surface area contributed by atoms with Crippen LogP contribution in [0.25, 0.3) is 0 Å². The Balaban J connectivity index is 1.82.